The lowest BCUT2D eigenvalue weighted by Crippen LogP contribution is -2.43. The molecule has 3 aromatic carbocycles. The normalized spacial score (nSPS) is 20.0. The second-order valence-corrected chi connectivity index (χ2v) is 9.36. The maximum absolute atomic E-state index is 4.31. The van der Waals surface area contributed by atoms with Crippen LogP contribution in [0.1, 0.15) is 42.0 Å². The third-order valence-electron chi connectivity index (χ3n) is 7.15. The first kappa shape index (κ1) is 21.8. The van der Waals surface area contributed by atoms with Gasteiger partial charge in [0.25, 0.3) is 0 Å². The first-order valence-electron chi connectivity index (χ1n) is 12.1. The molecule has 0 spiro atoms. The first-order valence-corrected chi connectivity index (χ1v) is 12.1. The fraction of sp³-hybridized carbons (Fsp3) is 0.300. The summed E-state index contributed by atoms with van der Waals surface area (Å²) in [7, 11) is 0. The van der Waals surface area contributed by atoms with E-state index in [0.717, 1.165) is 26.2 Å². The van der Waals surface area contributed by atoms with E-state index in [1.165, 1.54) is 33.9 Å². The summed E-state index contributed by atoms with van der Waals surface area (Å²) in [5, 5.41) is 6.57. The fourth-order valence-corrected chi connectivity index (χ4v) is 5.41. The molecule has 2 unspecified atom stereocenters. The zero-order chi connectivity index (χ0) is 22.5. The molecule has 1 saturated heterocycles. The molecular weight excluding hydrogens is 402 g/mol. The van der Waals surface area contributed by atoms with Crippen LogP contribution < -0.4 is 5.32 Å². The Hall–Kier alpha value is -3.01. The lowest BCUT2D eigenvalue weighted by molar-refractivity contribution is 0.142. The molecule has 1 N–H and O–H groups in total. The van der Waals surface area contributed by atoms with Crippen LogP contribution in [-0.4, -0.2) is 29.5 Å². The van der Waals surface area contributed by atoms with E-state index < -0.39 is 0 Å². The third-order valence-corrected chi connectivity index (χ3v) is 7.15. The number of rotatable bonds is 7. The summed E-state index contributed by atoms with van der Waals surface area (Å²) in [6, 6.07) is 31.0. The van der Waals surface area contributed by atoms with Gasteiger partial charge in [0.2, 0.25) is 0 Å². The van der Waals surface area contributed by atoms with Crippen LogP contribution in [0, 0.1) is 5.92 Å². The number of nitrogens with zero attached hydrogens (tertiary/aromatic N) is 2. The summed E-state index contributed by atoms with van der Waals surface area (Å²) in [6.45, 7) is 6.52. The van der Waals surface area contributed by atoms with Gasteiger partial charge in [-0.25, -0.2) is 0 Å². The smallest absolute Gasteiger partial charge is 0.0312 e. The van der Waals surface area contributed by atoms with E-state index in [2.05, 4.69) is 101 Å². The Morgan fingerprint density at radius 2 is 1.76 bits per heavy atom. The molecule has 0 amide bonds. The molecule has 1 aliphatic rings. The van der Waals surface area contributed by atoms with Crippen molar-refractivity contribution in [3.05, 3.63) is 114 Å². The first-order chi connectivity index (χ1) is 16.3. The summed E-state index contributed by atoms with van der Waals surface area (Å²) in [5.41, 5.74) is 4.15. The molecule has 5 rings (SSSR count). The van der Waals surface area contributed by atoms with E-state index in [4.69, 9.17) is 0 Å². The van der Waals surface area contributed by atoms with Gasteiger partial charge in [-0.05, 0) is 65.3 Å². The minimum atomic E-state index is 0.307. The second kappa shape index (κ2) is 10.3. The number of hydrogen-bond donors (Lipinski definition) is 1. The molecule has 0 radical (unpaired) electrons. The zero-order valence-electron chi connectivity index (χ0n) is 19.4. The Bertz CT molecular complexity index is 1150. The van der Waals surface area contributed by atoms with Crippen molar-refractivity contribution in [2.75, 3.05) is 19.6 Å². The summed E-state index contributed by atoms with van der Waals surface area (Å²) in [6.07, 6.45) is 5.05. The van der Waals surface area contributed by atoms with E-state index >= 15 is 0 Å². The number of piperidine rings is 1. The van der Waals surface area contributed by atoms with Gasteiger partial charge < -0.3 is 5.32 Å². The summed E-state index contributed by atoms with van der Waals surface area (Å²) >= 11 is 0. The Kier molecular flexibility index (Phi) is 6.80. The van der Waals surface area contributed by atoms with Crippen LogP contribution in [0.25, 0.3) is 10.8 Å². The highest BCUT2D eigenvalue weighted by Gasteiger charge is 2.30. The zero-order valence-corrected chi connectivity index (χ0v) is 19.4. The van der Waals surface area contributed by atoms with Crippen LogP contribution in [-0.2, 0) is 6.54 Å². The highest BCUT2D eigenvalue weighted by Crippen LogP contribution is 2.34. The van der Waals surface area contributed by atoms with Gasteiger partial charge in [-0.1, -0.05) is 78.9 Å². The summed E-state index contributed by atoms with van der Waals surface area (Å²) in [4.78, 5) is 6.91. The number of hydrogen-bond acceptors (Lipinski definition) is 3. The number of pyridine rings is 1. The molecule has 3 atom stereocenters. The molecule has 0 aliphatic carbocycles. The predicted molar refractivity (Wildman–Crippen MR) is 137 cm³/mol. The molecular formula is C30H33N3. The van der Waals surface area contributed by atoms with Crippen LogP contribution in [0.15, 0.2) is 97.3 Å². The average molecular weight is 436 g/mol. The topological polar surface area (TPSA) is 28.2 Å². The Labute approximate surface area is 197 Å². The Balaban J connectivity index is 1.32. The fourth-order valence-electron chi connectivity index (χ4n) is 5.41. The highest BCUT2D eigenvalue weighted by atomic mass is 15.1. The lowest BCUT2D eigenvalue weighted by atomic mass is 9.80. The van der Waals surface area contributed by atoms with Gasteiger partial charge in [-0.3, -0.25) is 9.88 Å². The van der Waals surface area contributed by atoms with E-state index in [-0.39, 0.29) is 0 Å². The van der Waals surface area contributed by atoms with Crippen molar-refractivity contribution >= 4 is 10.8 Å². The molecule has 0 bridgehead atoms. The Morgan fingerprint density at radius 1 is 0.939 bits per heavy atom. The number of benzene rings is 3. The van der Waals surface area contributed by atoms with Gasteiger partial charge in [0.05, 0.1) is 0 Å². The summed E-state index contributed by atoms with van der Waals surface area (Å²) < 4.78 is 0. The third kappa shape index (κ3) is 5.16. The van der Waals surface area contributed by atoms with Crippen LogP contribution in [0.5, 0.6) is 0 Å². The van der Waals surface area contributed by atoms with Crippen molar-refractivity contribution in [2.24, 2.45) is 5.92 Å². The maximum atomic E-state index is 4.31. The molecule has 0 saturated carbocycles. The SMILES string of the molecule is C[C@@H](NCC1CN(Cc2cccnc2)CCC1c1ccccc1)c1cccc2ccccc12. The molecule has 33 heavy (non-hydrogen) atoms. The molecule has 3 heteroatoms. The monoisotopic (exact) mass is 435 g/mol. The molecule has 3 nitrogen and oxygen atoms in total. The maximum Gasteiger partial charge on any atom is 0.0312 e. The Morgan fingerprint density at radius 3 is 2.61 bits per heavy atom. The number of aromatic nitrogens is 1. The number of fused-ring (bicyclic) bond motifs is 1. The van der Waals surface area contributed by atoms with Gasteiger partial charge in [0.15, 0.2) is 0 Å². The van der Waals surface area contributed by atoms with E-state index in [1.807, 2.05) is 18.5 Å². The average Bonchev–Trinajstić information content (AvgIpc) is 2.88. The van der Waals surface area contributed by atoms with Crippen molar-refractivity contribution in [2.45, 2.75) is 31.8 Å². The molecule has 2 heterocycles. The van der Waals surface area contributed by atoms with Crippen LogP contribution >= 0.6 is 0 Å². The minimum absolute atomic E-state index is 0.307. The largest absolute Gasteiger partial charge is 0.310 e. The minimum Gasteiger partial charge on any atom is -0.310 e. The summed E-state index contributed by atoms with van der Waals surface area (Å²) in [5.74, 6) is 1.15. The van der Waals surface area contributed by atoms with Crippen molar-refractivity contribution in [3.8, 4) is 0 Å². The molecule has 168 valence electrons. The lowest BCUT2D eigenvalue weighted by Gasteiger charge is -2.39. The van der Waals surface area contributed by atoms with Crippen LogP contribution in [0.4, 0.5) is 0 Å². The second-order valence-electron chi connectivity index (χ2n) is 9.36. The van der Waals surface area contributed by atoms with Crippen LogP contribution in [0.2, 0.25) is 0 Å². The van der Waals surface area contributed by atoms with Gasteiger partial charge in [-0.2, -0.15) is 0 Å². The van der Waals surface area contributed by atoms with Gasteiger partial charge in [-0.15, -0.1) is 0 Å². The van der Waals surface area contributed by atoms with Crippen molar-refractivity contribution < 1.29 is 0 Å². The van der Waals surface area contributed by atoms with Gasteiger partial charge in [0.1, 0.15) is 0 Å². The van der Waals surface area contributed by atoms with Crippen molar-refractivity contribution in [1.29, 1.82) is 0 Å². The molecule has 1 aliphatic heterocycles. The van der Waals surface area contributed by atoms with Gasteiger partial charge in [0, 0.05) is 38.1 Å². The molecule has 1 fully saturated rings. The van der Waals surface area contributed by atoms with Gasteiger partial charge >= 0.3 is 0 Å². The highest BCUT2D eigenvalue weighted by molar-refractivity contribution is 5.86. The number of nitrogens with one attached hydrogen (secondary N) is 1. The number of likely N-dealkylation sites (tertiary alicyclic amines) is 1. The molecule has 1 aromatic heterocycles. The van der Waals surface area contributed by atoms with E-state index in [1.54, 1.807) is 0 Å². The van der Waals surface area contributed by atoms with E-state index in [9.17, 15) is 0 Å². The molecule has 4 aromatic rings. The van der Waals surface area contributed by atoms with Crippen molar-refractivity contribution in [3.63, 3.8) is 0 Å². The van der Waals surface area contributed by atoms with Crippen LogP contribution in [0.3, 0.4) is 0 Å². The predicted octanol–water partition coefficient (Wildman–Crippen LogP) is 6.19. The standard InChI is InChI=1S/C30H33N3/c1-23(28-15-7-13-26-12-5-6-14-30(26)28)32-20-27-22-33(21-24-9-8-17-31-19-24)18-16-29(27)25-10-3-2-4-11-25/h2-15,17,19,23,27,29,32H,16,18,20-22H2,1H3/t23-,27?,29?/m1/s1. The quantitative estimate of drug-likeness (QED) is 0.375. The van der Waals surface area contributed by atoms with Crippen molar-refractivity contribution in [1.82, 2.24) is 15.2 Å². The van der Waals surface area contributed by atoms with E-state index in [0.29, 0.717) is 17.9 Å².